The third-order valence-electron chi connectivity index (χ3n) is 7.86. The lowest BCUT2D eigenvalue weighted by Gasteiger charge is -2.35. The molecule has 0 spiro atoms. The van der Waals surface area contributed by atoms with Crippen molar-refractivity contribution >= 4 is 23.4 Å². The number of carbonyl (C=O) groups is 2. The van der Waals surface area contributed by atoms with Gasteiger partial charge in [0, 0.05) is 44.0 Å². The van der Waals surface area contributed by atoms with E-state index in [0.29, 0.717) is 24.7 Å². The second-order valence-electron chi connectivity index (χ2n) is 10.5. The summed E-state index contributed by atoms with van der Waals surface area (Å²) in [5.74, 6) is 1.11. The highest BCUT2D eigenvalue weighted by molar-refractivity contribution is 6.30. The van der Waals surface area contributed by atoms with Crippen LogP contribution in [-0.2, 0) is 22.6 Å². The van der Waals surface area contributed by atoms with Gasteiger partial charge in [-0.1, -0.05) is 54.1 Å². The van der Waals surface area contributed by atoms with Crippen LogP contribution in [0.1, 0.15) is 50.2 Å². The number of benzene rings is 2. The molecule has 0 N–H and O–H groups in total. The molecule has 6 heteroatoms. The highest BCUT2D eigenvalue weighted by Gasteiger charge is 2.29. The van der Waals surface area contributed by atoms with Crippen LogP contribution in [0, 0.1) is 11.8 Å². The fraction of sp³-hybridized carbons (Fsp3) is 0.533. The fourth-order valence-corrected chi connectivity index (χ4v) is 5.75. The number of likely N-dealkylation sites (tertiary alicyclic amines) is 2. The Balaban J connectivity index is 1.27. The Bertz CT molecular complexity index is 965. The molecule has 0 aromatic heterocycles. The summed E-state index contributed by atoms with van der Waals surface area (Å²) in [6, 6.07) is 18.6. The van der Waals surface area contributed by atoms with Crippen LogP contribution in [0.25, 0.3) is 0 Å². The molecular formula is C30H40ClN3O2. The van der Waals surface area contributed by atoms with Gasteiger partial charge in [-0.2, -0.15) is 0 Å². The summed E-state index contributed by atoms with van der Waals surface area (Å²) in [5, 5.41) is 0.712. The zero-order valence-corrected chi connectivity index (χ0v) is 22.3. The smallest absolute Gasteiger partial charge is 0.226 e. The Morgan fingerprint density at radius 3 is 2.19 bits per heavy atom. The first-order chi connectivity index (χ1) is 17.5. The number of amides is 2. The Morgan fingerprint density at radius 1 is 0.889 bits per heavy atom. The van der Waals surface area contributed by atoms with Crippen molar-refractivity contribution in [3.05, 3.63) is 70.7 Å². The lowest BCUT2D eigenvalue weighted by atomic mass is 9.90. The van der Waals surface area contributed by atoms with Crippen LogP contribution in [0.15, 0.2) is 54.6 Å². The molecule has 0 bridgehead atoms. The number of rotatable bonds is 9. The molecule has 2 heterocycles. The molecule has 2 aliphatic heterocycles. The number of hydrogen-bond donors (Lipinski definition) is 0. The second-order valence-corrected chi connectivity index (χ2v) is 10.9. The van der Waals surface area contributed by atoms with Crippen molar-refractivity contribution in [1.29, 1.82) is 0 Å². The molecular weight excluding hydrogens is 470 g/mol. The van der Waals surface area contributed by atoms with Gasteiger partial charge in [0.2, 0.25) is 11.8 Å². The summed E-state index contributed by atoms with van der Waals surface area (Å²) in [6.07, 6.45) is 6.17. The van der Waals surface area contributed by atoms with E-state index < -0.39 is 0 Å². The molecule has 5 nitrogen and oxygen atoms in total. The van der Waals surface area contributed by atoms with Crippen LogP contribution < -0.4 is 0 Å². The lowest BCUT2D eigenvalue weighted by Crippen LogP contribution is -2.44. The van der Waals surface area contributed by atoms with Crippen molar-refractivity contribution in [3.63, 3.8) is 0 Å². The summed E-state index contributed by atoms with van der Waals surface area (Å²) in [6.45, 7) is 7.67. The Kier molecular flexibility index (Phi) is 9.82. The van der Waals surface area contributed by atoms with Gasteiger partial charge in [0.15, 0.2) is 0 Å². The van der Waals surface area contributed by atoms with Gasteiger partial charge in [-0.15, -0.1) is 0 Å². The van der Waals surface area contributed by atoms with Crippen molar-refractivity contribution in [2.24, 2.45) is 11.8 Å². The van der Waals surface area contributed by atoms with Crippen molar-refractivity contribution in [3.8, 4) is 0 Å². The maximum Gasteiger partial charge on any atom is 0.226 e. The van der Waals surface area contributed by atoms with Gasteiger partial charge in [-0.3, -0.25) is 9.59 Å². The number of halogens is 1. The van der Waals surface area contributed by atoms with Crippen molar-refractivity contribution in [2.75, 3.05) is 39.3 Å². The minimum absolute atomic E-state index is 0.00151. The molecule has 4 rings (SSSR count). The average Bonchev–Trinajstić information content (AvgIpc) is 2.90. The van der Waals surface area contributed by atoms with Crippen molar-refractivity contribution < 1.29 is 9.59 Å². The summed E-state index contributed by atoms with van der Waals surface area (Å²) >= 11 is 6.08. The maximum absolute atomic E-state index is 13.5. The molecule has 194 valence electrons. The maximum atomic E-state index is 13.5. The van der Waals surface area contributed by atoms with Crippen molar-refractivity contribution in [1.82, 2.24) is 14.7 Å². The third-order valence-corrected chi connectivity index (χ3v) is 8.12. The monoisotopic (exact) mass is 509 g/mol. The molecule has 0 saturated carbocycles. The van der Waals surface area contributed by atoms with Gasteiger partial charge in [0.1, 0.15) is 0 Å². The SMILES string of the molecule is CC(=O)N1CCC(C(=O)N(CCCN2CCC(Cc3ccccc3)CC2)Cc2ccc(Cl)cc2)CC1. The number of piperidine rings is 2. The molecule has 0 aliphatic carbocycles. The number of nitrogens with zero attached hydrogens (tertiary/aromatic N) is 3. The van der Waals surface area contributed by atoms with Gasteiger partial charge in [0.05, 0.1) is 0 Å². The Morgan fingerprint density at radius 2 is 1.56 bits per heavy atom. The third kappa shape index (κ3) is 7.81. The van der Waals surface area contributed by atoms with E-state index in [1.165, 1.54) is 24.8 Å². The van der Waals surface area contributed by atoms with Gasteiger partial charge >= 0.3 is 0 Å². The summed E-state index contributed by atoms with van der Waals surface area (Å²) in [7, 11) is 0. The van der Waals surface area contributed by atoms with Crippen molar-refractivity contribution in [2.45, 2.75) is 52.0 Å². The minimum Gasteiger partial charge on any atom is -0.343 e. The van der Waals surface area contributed by atoms with Crippen LogP contribution in [0.2, 0.25) is 5.02 Å². The standard InChI is InChI=1S/C30H40ClN3O2/c1-24(35)33-20-14-28(15-21-33)30(36)34(23-27-8-10-29(31)11-9-27)17-5-16-32-18-12-26(13-19-32)22-25-6-3-2-4-7-25/h2-4,6-11,26,28H,5,12-23H2,1H3. The molecule has 2 saturated heterocycles. The van der Waals surface area contributed by atoms with E-state index in [0.717, 1.165) is 56.9 Å². The molecule has 0 atom stereocenters. The van der Waals surface area contributed by atoms with Gasteiger partial charge in [-0.25, -0.2) is 0 Å². The Labute approximate surface area is 221 Å². The van der Waals surface area contributed by atoms with E-state index in [2.05, 4.69) is 35.2 Å². The number of hydrogen-bond acceptors (Lipinski definition) is 3. The molecule has 2 aliphatic rings. The number of carbonyl (C=O) groups excluding carboxylic acids is 2. The fourth-order valence-electron chi connectivity index (χ4n) is 5.62. The van der Waals surface area contributed by atoms with E-state index in [-0.39, 0.29) is 17.7 Å². The van der Waals surface area contributed by atoms with Gasteiger partial charge < -0.3 is 14.7 Å². The Hall–Kier alpha value is -2.37. The first-order valence-electron chi connectivity index (χ1n) is 13.5. The minimum atomic E-state index is 0.00151. The van der Waals surface area contributed by atoms with Crippen LogP contribution in [0.3, 0.4) is 0 Å². The first-order valence-corrected chi connectivity index (χ1v) is 13.9. The molecule has 36 heavy (non-hydrogen) atoms. The second kappa shape index (κ2) is 13.3. The summed E-state index contributed by atoms with van der Waals surface area (Å²) in [4.78, 5) is 31.7. The zero-order valence-electron chi connectivity index (χ0n) is 21.6. The zero-order chi connectivity index (χ0) is 25.3. The summed E-state index contributed by atoms with van der Waals surface area (Å²) < 4.78 is 0. The van der Waals surface area contributed by atoms with Crippen LogP contribution in [-0.4, -0.2) is 65.8 Å². The molecule has 2 amide bonds. The lowest BCUT2D eigenvalue weighted by molar-refractivity contribution is -0.140. The molecule has 2 fully saturated rings. The molecule has 0 unspecified atom stereocenters. The van der Waals surface area contributed by atoms with E-state index in [1.54, 1.807) is 6.92 Å². The molecule has 0 radical (unpaired) electrons. The molecule has 2 aromatic carbocycles. The van der Waals surface area contributed by atoms with E-state index in [1.807, 2.05) is 34.1 Å². The van der Waals surface area contributed by atoms with Gasteiger partial charge in [0.25, 0.3) is 0 Å². The predicted molar refractivity (Wildman–Crippen MR) is 146 cm³/mol. The topological polar surface area (TPSA) is 43.9 Å². The van der Waals surface area contributed by atoms with Crippen LogP contribution >= 0.6 is 11.6 Å². The van der Waals surface area contributed by atoms with E-state index >= 15 is 0 Å². The largest absolute Gasteiger partial charge is 0.343 e. The highest BCUT2D eigenvalue weighted by Crippen LogP contribution is 2.24. The quantitative estimate of drug-likeness (QED) is 0.462. The van der Waals surface area contributed by atoms with E-state index in [9.17, 15) is 9.59 Å². The van der Waals surface area contributed by atoms with Crippen LogP contribution in [0.5, 0.6) is 0 Å². The first kappa shape index (κ1) is 26.7. The average molecular weight is 510 g/mol. The normalized spacial score (nSPS) is 17.8. The van der Waals surface area contributed by atoms with Crippen LogP contribution in [0.4, 0.5) is 0 Å². The molecule has 2 aromatic rings. The van der Waals surface area contributed by atoms with E-state index in [4.69, 9.17) is 11.6 Å². The van der Waals surface area contributed by atoms with Gasteiger partial charge in [-0.05, 0) is 87.3 Å². The summed E-state index contributed by atoms with van der Waals surface area (Å²) in [5.41, 5.74) is 2.55. The predicted octanol–water partition coefficient (Wildman–Crippen LogP) is 5.27. The highest BCUT2D eigenvalue weighted by atomic mass is 35.5.